The Morgan fingerprint density at radius 3 is 2.66 bits per heavy atom. The van der Waals surface area contributed by atoms with Crippen molar-refractivity contribution in [3.05, 3.63) is 93.8 Å². The molecule has 160 valence electrons. The molecule has 1 aromatic heterocycles. The van der Waals surface area contributed by atoms with Crippen molar-refractivity contribution in [3.63, 3.8) is 0 Å². The third kappa shape index (κ3) is 4.44. The van der Waals surface area contributed by atoms with Crippen LogP contribution in [0, 0.1) is 15.9 Å². The Kier molecular flexibility index (Phi) is 5.86. The molecule has 4 rings (SSSR count). The molecule has 4 aromatic rings. The molecule has 0 atom stereocenters. The van der Waals surface area contributed by atoms with Gasteiger partial charge in [0.05, 0.1) is 28.5 Å². The monoisotopic (exact) mass is 450 g/mol. The molecule has 0 aliphatic carbocycles. The van der Waals surface area contributed by atoms with Gasteiger partial charge < -0.3 is 4.74 Å². The summed E-state index contributed by atoms with van der Waals surface area (Å²) in [5.41, 5.74) is 1.22. The minimum Gasteiger partial charge on any atom is -0.497 e. The summed E-state index contributed by atoms with van der Waals surface area (Å²) in [5, 5.41) is 16.5. The number of aromatic nitrogens is 1. The van der Waals surface area contributed by atoms with Crippen molar-refractivity contribution in [3.8, 4) is 5.75 Å². The van der Waals surface area contributed by atoms with E-state index in [0.29, 0.717) is 16.8 Å². The Hall–Kier alpha value is -4.18. The lowest BCUT2D eigenvalue weighted by molar-refractivity contribution is -0.384. The second-order valence-electron chi connectivity index (χ2n) is 6.55. The summed E-state index contributed by atoms with van der Waals surface area (Å²) in [7, 11) is 1.55. The van der Waals surface area contributed by atoms with Crippen molar-refractivity contribution < 1.29 is 18.8 Å². The molecule has 0 unspecified atom stereocenters. The number of rotatable bonds is 6. The second kappa shape index (κ2) is 8.90. The molecule has 0 aliphatic heterocycles. The smallest absolute Gasteiger partial charge is 0.280 e. The van der Waals surface area contributed by atoms with Gasteiger partial charge in [-0.1, -0.05) is 17.4 Å². The Labute approximate surface area is 185 Å². The number of carbonyl (C=O) groups excluding carboxylic acids is 1. The van der Waals surface area contributed by atoms with Crippen LogP contribution in [0.4, 0.5) is 15.2 Å². The van der Waals surface area contributed by atoms with E-state index in [0.717, 1.165) is 15.8 Å². The largest absolute Gasteiger partial charge is 0.497 e. The maximum atomic E-state index is 13.7. The maximum Gasteiger partial charge on any atom is 0.280 e. The van der Waals surface area contributed by atoms with Gasteiger partial charge in [0.1, 0.15) is 11.6 Å². The quantitative estimate of drug-likeness (QED) is 0.233. The molecule has 0 N–H and O–H groups in total. The van der Waals surface area contributed by atoms with E-state index in [4.69, 9.17) is 4.74 Å². The predicted molar refractivity (Wildman–Crippen MR) is 120 cm³/mol. The van der Waals surface area contributed by atoms with Crippen LogP contribution in [-0.2, 0) is 0 Å². The summed E-state index contributed by atoms with van der Waals surface area (Å²) >= 11 is 1.22. The van der Waals surface area contributed by atoms with Crippen molar-refractivity contribution >= 4 is 44.5 Å². The molecule has 10 heteroatoms. The molecule has 0 saturated heterocycles. The van der Waals surface area contributed by atoms with E-state index in [2.05, 4.69) is 10.1 Å². The highest BCUT2D eigenvalue weighted by Crippen LogP contribution is 2.32. The third-order valence-electron chi connectivity index (χ3n) is 4.46. The van der Waals surface area contributed by atoms with Gasteiger partial charge in [0.15, 0.2) is 0 Å². The molecule has 0 spiro atoms. The molecule has 0 fully saturated rings. The topological polar surface area (TPSA) is 97.9 Å². The van der Waals surface area contributed by atoms with Gasteiger partial charge in [-0.3, -0.25) is 14.9 Å². The van der Waals surface area contributed by atoms with Gasteiger partial charge in [-0.2, -0.15) is 10.1 Å². The van der Waals surface area contributed by atoms with E-state index < -0.39 is 16.6 Å². The van der Waals surface area contributed by atoms with Crippen LogP contribution in [0.3, 0.4) is 0 Å². The number of carbonyl (C=O) groups is 1. The lowest BCUT2D eigenvalue weighted by Crippen LogP contribution is -2.25. The number of methoxy groups -OCH3 is 1. The standard InChI is InChI=1S/C22H15FN4O4S/c1-31-18-9-10-19-20(12-18)32-22(25-19)26(21(28)15-3-2-4-16(23)11-15)24-13-14-5-7-17(8-6-14)27(29)30/h2-13H,1H3/b24-13+. The van der Waals surface area contributed by atoms with Gasteiger partial charge in [0, 0.05) is 17.7 Å². The molecular formula is C22H15FN4O4S. The number of fused-ring (bicyclic) bond motifs is 1. The number of nitro benzene ring substituents is 1. The molecule has 1 amide bonds. The highest BCUT2D eigenvalue weighted by atomic mass is 32.1. The molecular weight excluding hydrogens is 435 g/mol. The number of hydrazone groups is 1. The van der Waals surface area contributed by atoms with E-state index in [-0.39, 0.29) is 16.4 Å². The van der Waals surface area contributed by atoms with Gasteiger partial charge in [0.25, 0.3) is 11.6 Å². The first kappa shape index (κ1) is 21.1. The first-order chi connectivity index (χ1) is 15.4. The minimum atomic E-state index is -0.575. The number of nitro groups is 1. The van der Waals surface area contributed by atoms with Crippen LogP contribution >= 0.6 is 11.3 Å². The highest BCUT2D eigenvalue weighted by Gasteiger charge is 2.21. The molecule has 32 heavy (non-hydrogen) atoms. The molecule has 0 saturated carbocycles. The van der Waals surface area contributed by atoms with Crippen LogP contribution in [0.2, 0.25) is 0 Å². The second-order valence-corrected chi connectivity index (χ2v) is 7.56. The lowest BCUT2D eigenvalue weighted by atomic mass is 10.2. The summed E-state index contributed by atoms with van der Waals surface area (Å²) < 4.78 is 19.7. The third-order valence-corrected chi connectivity index (χ3v) is 5.45. The summed E-state index contributed by atoms with van der Waals surface area (Å²) in [6.45, 7) is 0. The number of non-ortho nitro benzene ring substituents is 1. The Balaban J connectivity index is 1.74. The number of hydrogen-bond donors (Lipinski definition) is 0. The highest BCUT2D eigenvalue weighted by molar-refractivity contribution is 7.22. The first-order valence-electron chi connectivity index (χ1n) is 9.27. The minimum absolute atomic E-state index is 0.0602. The molecule has 1 heterocycles. The number of thiazole rings is 1. The number of nitrogens with zero attached hydrogens (tertiary/aromatic N) is 4. The van der Waals surface area contributed by atoms with Crippen LogP contribution in [0.1, 0.15) is 15.9 Å². The van der Waals surface area contributed by atoms with E-state index in [1.807, 2.05) is 0 Å². The summed E-state index contributed by atoms with van der Waals surface area (Å²) in [4.78, 5) is 28.0. The zero-order valence-electron chi connectivity index (χ0n) is 16.6. The Morgan fingerprint density at radius 2 is 1.97 bits per heavy atom. The zero-order valence-corrected chi connectivity index (χ0v) is 17.5. The SMILES string of the molecule is COc1ccc2nc(N(/N=C/c3ccc([N+](=O)[O-])cc3)C(=O)c3cccc(F)c3)sc2c1. The fraction of sp³-hybridized carbons (Fsp3) is 0.0455. The van der Waals surface area contributed by atoms with Gasteiger partial charge in [-0.25, -0.2) is 9.37 Å². The average Bonchev–Trinajstić information content (AvgIpc) is 3.22. The van der Waals surface area contributed by atoms with Crippen molar-refractivity contribution in [2.45, 2.75) is 0 Å². The Morgan fingerprint density at radius 1 is 1.19 bits per heavy atom. The van der Waals surface area contributed by atoms with Gasteiger partial charge in [0.2, 0.25) is 5.13 Å². The summed E-state index contributed by atoms with van der Waals surface area (Å²) in [6, 6.07) is 16.3. The van der Waals surface area contributed by atoms with Crippen LogP contribution in [0.5, 0.6) is 5.75 Å². The van der Waals surface area contributed by atoms with E-state index >= 15 is 0 Å². The number of amides is 1. The van der Waals surface area contributed by atoms with Gasteiger partial charge in [-0.05, 0) is 54.1 Å². The van der Waals surface area contributed by atoms with Gasteiger partial charge in [-0.15, -0.1) is 0 Å². The fourth-order valence-corrected chi connectivity index (χ4v) is 3.80. The van der Waals surface area contributed by atoms with E-state index in [9.17, 15) is 19.3 Å². The number of hydrogen-bond acceptors (Lipinski definition) is 7. The van der Waals surface area contributed by atoms with E-state index in [1.54, 1.807) is 25.3 Å². The number of anilines is 1. The van der Waals surface area contributed by atoms with Crippen molar-refractivity contribution in [1.29, 1.82) is 0 Å². The molecule has 3 aromatic carbocycles. The molecule has 8 nitrogen and oxygen atoms in total. The normalized spacial score (nSPS) is 11.1. The van der Waals surface area contributed by atoms with Crippen LogP contribution in [0.25, 0.3) is 10.2 Å². The molecule has 0 aliphatic rings. The molecule has 0 radical (unpaired) electrons. The van der Waals surface area contributed by atoms with Crippen LogP contribution in [-0.4, -0.2) is 29.1 Å². The van der Waals surface area contributed by atoms with Crippen LogP contribution in [0.15, 0.2) is 71.8 Å². The number of halogens is 1. The predicted octanol–water partition coefficient (Wildman–Crippen LogP) is 5.03. The van der Waals surface area contributed by atoms with Crippen LogP contribution < -0.4 is 9.75 Å². The first-order valence-corrected chi connectivity index (χ1v) is 10.1. The lowest BCUT2D eigenvalue weighted by Gasteiger charge is -2.13. The number of ether oxygens (including phenoxy) is 1. The maximum absolute atomic E-state index is 13.7. The summed E-state index contributed by atoms with van der Waals surface area (Å²) in [5.74, 6) is -0.483. The fourth-order valence-electron chi connectivity index (χ4n) is 2.85. The average molecular weight is 450 g/mol. The number of benzene rings is 3. The van der Waals surface area contributed by atoms with E-state index in [1.165, 1.54) is 60.0 Å². The van der Waals surface area contributed by atoms with Gasteiger partial charge >= 0.3 is 0 Å². The Bertz CT molecular complexity index is 1340. The van der Waals surface area contributed by atoms with Crippen molar-refractivity contribution in [1.82, 2.24) is 4.98 Å². The summed E-state index contributed by atoms with van der Waals surface area (Å²) in [6.07, 6.45) is 1.38. The van der Waals surface area contributed by atoms with Crippen molar-refractivity contribution in [2.75, 3.05) is 12.1 Å². The van der Waals surface area contributed by atoms with Crippen molar-refractivity contribution in [2.24, 2.45) is 5.10 Å². The zero-order chi connectivity index (χ0) is 22.7. The molecule has 0 bridgehead atoms.